The number of halogens is 3. The van der Waals surface area contributed by atoms with Gasteiger partial charge < -0.3 is 14.6 Å². The lowest BCUT2D eigenvalue weighted by atomic mass is 10.1. The molecule has 3 nitrogen and oxygen atoms in total. The van der Waals surface area contributed by atoms with Crippen LogP contribution >= 0.6 is 24.8 Å². The third-order valence-corrected chi connectivity index (χ3v) is 3.82. The summed E-state index contributed by atoms with van der Waals surface area (Å²) in [6, 6.07) is 10.4. The third-order valence-electron chi connectivity index (χ3n) is 3.82. The second-order valence-corrected chi connectivity index (χ2v) is 5.30. The zero-order chi connectivity index (χ0) is 15.8. The van der Waals surface area contributed by atoms with Gasteiger partial charge in [-0.3, -0.25) is 0 Å². The fraction of sp³-hybridized carbons (Fsp3) is 0.444. The van der Waals surface area contributed by atoms with Gasteiger partial charge in [-0.25, -0.2) is 4.39 Å². The zero-order valence-corrected chi connectivity index (χ0v) is 15.9. The summed E-state index contributed by atoms with van der Waals surface area (Å²) in [4.78, 5) is 2.41. The number of nitrogens with one attached hydrogen (secondary N) is 1. The van der Waals surface area contributed by atoms with E-state index in [9.17, 15) is 4.39 Å². The summed E-state index contributed by atoms with van der Waals surface area (Å²) in [5.41, 5.74) is 0.510. The molecule has 0 fully saturated rings. The molecule has 0 bridgehead atoms. The molecule has 1 heterocycles. The first-order valence-electron chi connectivity index (χ1n) is 8.01. The van der Waals surface area contributed by atoms with Crippen LogP contribution in [0.4, 0.5) is 4.39 Å². The van der Waals surface area contributed by atoms with Crippen LogP contribution in [0.5, 0.6) is 0 Å². The summed E-state index contributed by atoms with van der Waals surface area (Å²) in [5, 5.41) is 3.37. The highest BCUT2D eigenvalue weighted by Crippen LogP contribution is 2.24. The summed E-state index contributed by atoms with van der Waals surface area (Å²) in [5.74, 6) is 1.16. The summed E-state index contributed by atoms with van der Waals surface area (Å²) in [6.07, 6.45) is 1.11. The van der Waals surface area contributed by atoms with Gasteiger partial charge in [-0.05, 0) is 56.9 Å². The van der Waals surface area contributed by atoms with Crippen molar-refractivity contribution in [2.75, 3.05) is 26.2 Å². The molecule has 2 aromatic rings. The lowest BCUT2D eigenvalue weighted by Crippen LogP contribution is -2.27. The predicted octanol–water partition coefficient (Wildman–Crippen LogP) is 4.75. The molecule has 0 saturated carbocycles. The second-order valence-electron chi connectivity index (χ2n) is 5.30. The van der Waals surface area contributed by atoms with Crippen LogP contribution in [-0.2, 0) is 6.54 Å². The van der Waals surface area contributed by atoms with E-state index in [2.05, 4.69) is 24.1 Å². The predicted molar refractivity (Wildman–Crippen MR) is 103 cm³/mol. The fourth-order valence-electron chi connectivity index (χ4n) is 2.46. The largest absolute Gasteiger partial charge is 0.460 e. The summed E-state index contributed by atoms with van der Waals surface area (Å²) >= 11 is 0. The van der Waals surface area contributed by atoms with Crippen molar-refractivity contribution in [1.82, 2.24) is 10.2 Å². The molecule has 1 aromatic carbocycles. The molecular weight excluding hydrogens is 350 g/mol. The molecule has 1 aromatic heterocycles. The number of nitrogens with zero attached hydrogens (tertiary/aromatic N) is 1. The normalized spacial score (nSPS) is 10.3. The zero-order valence-electron chi connectivity index (χ0n) is 14.3. The van der Waals surface area contributed by atoms with Crippen molar-refractivity contribution in [1.29, 1.82) is 0 Å². The van der Waals surface area contributed by atoms with Gasteiger partial charge in [0.2, 0.25) is 0 Å². The molecule has 0 aliphatic carbocycles. The molecule has 0 saturated heterocycles. The van der Waals surface area contributed by atoms with Crippen LogP contribution in [0.25, 0.3) is 11.3 Å². The molecule has 0 radical (unpaired) electrons. The molecule has 0 atom stereocenters. The maximum absolute atomic E-state index is 13.7. The van der Waals surface area contributed by atoms with Crippen molar-refractivity contribution in [3.63, 3.8) is 0 Å². The van der Waals surface area contributed by atoms with E-state index in [0.29, 0.717) is 17.9 Å². The van der Waals surface area contributed by atoms with E-state index >= 15 is 0 Å². The molecule has 0 aliphatic heterocycles. The fourth-order valence-corrected chi connectivity index (χ4v) is 2.46. The second kappa shape index (κ2) is 12.3. The van der Waals surface area contributed by atoms with E-state index in [1.807, 2.05) is 18.2 Å². The molecule has 136 valence electrons. The van der Waals surface area contributed by atoms with E-state index in [1.54, 1.807) is 12.1 Å². The monoisotopic (exact) mass is 376 g/mol. The van der Waals surface area contributed by atoms with Gasteiger partial charge in [0.15, 0.2) is 0 Å². The molecule has 0 aliphatic rings. The quantitative estimate of drug-likeness (QED) is 0.640. The SMILES string of the molecule is CCN(CC)CCCNCc1ccc(-c2ccccc2F)o1.Cl.Cl. The van der Waals surface area contributed by atoms with Crippen LogP contribution in [0.15, 0.2) is 40.8 Å². The standard InChI is InChI=1S/C18H25FN2O.2ClH/c1-3-21(4-2)13-7-12-20-14-15-10-11-18(22-15)16-8-5-6-9-17(16)19;;/h5-6,8-11,20H,3-4,7,12-14H2,1-2H3;2*1H. The lowest BCUT2D eigenvalue weighted by Gasteiger charge is -2.17. The summed E-state index contributed by atoms with van der Waals surface area (Å²) < 4.78 is 19.4. The third kappa shape index (κ3) is 6.81. The van der Waals surface area contributed by atoms with Gasteiger partial charge in [0.05, 0.1) is 12.1 Å². The summed E-state index contributed by atoms with van der Waals surface area (Å²) in [7, 11) is 0. The maximum Gasteiger partial charge on any atom is 0.137 e. The Balaban J connectivity index is 0.00000264. The van der Waals surface area contributed by atoms with Gasteiger partial charge in [-0.15, -0.1) is 24.8 Å². The highest BCUT2D eigenvalue weighted by molar-refractivity contribution is 5.85. The smallest absolute Gasteiger partial charge is 0.137 e. The molecule has 0 amide bonds. The number of hydrogen-bond acceptors (Lipinski definition) is 3. The Labute approximate surface area is 156 Å². The molecule has 0 spiro atoms. The molecule has 24 heavy (non-hydrogen) atoms. The first-order valence-corrected chi connectivity index (χ1v) is 8.01. The van der Waals surface area contributed by atoms with E-state index in [4.69, 9.17) is 4.42 Å². The lowest BCUT2D eigenvalue weighted by molar-refractivity contribution is 0.297. The molecule has 1 N–H and O–H groups in total. The topological polar surface area (TPSA) is 28.4 Å². The minimum absolute atomic E-state index is 0. The van der Waals surface area contributed by atoms with Crippen molar-refractivity contribution < 1.29 is 8.81 Å². The van der Waals surface area contributed by atoms with Gasteiger partial charge in [0, 0.05) is 0 Å². The Morgan fingerprint density at radius 3 is 2.42 bits per heavy atom. The number of rotatable bonds is 9. The van der Waals surface area contributed by atoms with Crippen molar-refractivity contribution in [3.8, 4) is 11.3 Å². The van der Waals surface area contributed by atoms with Crippen molar-refractivity contribution >= 4 is 24.8 Å². The Morgan fingerprint density at radius 2 is 1.75 bits per heavy atom. The first kappa shape index (κ1) is 22.9. The first-order chi connectivity index (χ1) is 10.7. The molecular formula is C18H27Cl2FN2O. The van der Waals surface area contributed by atoms with Crippen LogP contribution in [0.2, 0.25) is 0 Å². The van der Waals surface area contributed by atoms with Gasteiger partial charge in [0.25, 0.3) is 0 Å². The van der Waals surface area contributed by atoms with Gasteiger partial charge in [-0.2, -0.15) is 0 Å². The van der Waals surface area contributed by atoms with Crippen molar-refractivity contribution in [2.24, 2.45) is 0 Å². The number of furan rings is 1. The molecule has 6 heteroatoms. The Morgan fingerprint density at radius 1 is 1.04 bits per heavy atom. The minimum Gasteiger partial charge on any atom is -0.460 e. The Hall–Kier alpha value is -1.07. The maximum atomic E-state index is 13.7. The van der Waals surface area contributed by atoms with Gasteiger partial charge >= 0.3 is 0 Å². The Bertz CT molecular complexity index is 574. The summed E-state index contributed by atoms with van der Waals surface area (Å²) in [6.45, 7) is 9.30. The van der Waals surface area contributed by atoms with E-state index in [1.165, 1.54) is 6.07 Å². The van der Waals surface area contributed by atoms with Crippen LogP contribution in [0, 0.1) is 5.82 Å². The van der Waals surface area contributed by atoms with Gasteiger partial charge in [0.1, 0.15) is 17.3 Å². The average Bonchev–Trinajstić information content (AvgIpc) is 3.00. The van der Waals surface area contributed by atoms with Crippen molar-refractivity contribution in [2.45, 2.75) is 26.8 Å². The van der Waals surface area contributed by atoms with Crippen LogP contribution in [0.1, 0.15) is 26.0 Å². The molecule has 2 rings (SSSR count). The molecule has 0 unspecified atom stereocenters. The van der Waals surface area contributed by atoms with Crippen LogP contribution in [-0.4, -0.2) is 31.1 Å². The highest BCUT2D eigenvalue weighted by Gasteiger charge is 2.08. The van der Waals surface area contributed by atoms with E-state index < -0.39 is 0 Å². The average molecular weight is 377 g/mol. The van der Waals surface area contributed by atoms with Crippen LogP contribution < -0.4 is 5.32 Å². The minimum atomic E-state index is -0.254. The van der Waals surface area contributed by atoms with Gasteiger partial charge in [-0.1, -0.05) is 26.0 Å². The number of benzene rings is 1. The highest BCUT2D eigenvalue weighted by atomic mass is 35.5. The van der Waals surface area contributed by atoms with E-state index in [-0.39, 0.29) is 30.6 Å². The van der Waals surface area contributed by atoms with Crippen LogP contribution in [0.3, 0.4) is 0 Å². The Kier molecular flexibility index (Phi) is 11.8. The van der Waals surface area contributed by atoms with E-state index in [0.717, 1.165) is 38.4 Å². The van der Waals surface area contributed by atoms with Crippen molar-refractivity contribution in [3.05, 3.63) is 48.0 Å². The number of hydrogen-bond donors (Lipinski definition) is 1.